The minimum Gasteiger partial charge on any atom is -0.287 e. The van der Waals surface area contributed by atoms with Gasteiger partial charge < -0.3 is 0 Å². The highest BCUT2D eigenvalue weighted by atomic mass is 32.2. The van der Waals surface area contributed by atoms with Crippen molar-refractivity contribution in [2.75, 3.05) is 6.26 Å². The molecule has 1 aromatic carbocycles. The molecule has 0 aliphatic heterocycles. The minimum atomic E-state index is -4.30. The maximum absolute atomic E-state index is 12.4. The fourth-order valence-electron chi connectivity index (χ4n) is 2.06. The smallest absolute Gasteiger partial charge is 0.287 e. The summed E-state index contributed by atoms with van der Waals surface area (Å²) >= 11 is -1.24. The molecule has 0 aromatic heterocycles. The summed E-state index contributed by atoms with van der Waals surface area (Å²) in [5.74, 6) is 0.339. The summed E-state index contributed by atoms with van der Waals surface area (Å²) in [7, 11) is 0. The Balaban J connectivity index is 1.86. The van der Waals surface area contributed by atoms with Crippen molar-refractivity contribution in [3.05, 3.63) is 41.5 Å². The van der Waals surface area contributed by atoms with Gasteiger partial charge in [0.15, 0.2) is 11.1 Å². The molecule has 0 amide bonds. The highest BCUT2D eigenvalue weighted by Crippen LogP contribution is 2.32. The standard InChI is InChI=1S/C14H15F3O2S/c1-20(18)19-13-8-11(9-13)3-2-10-4-6-12(7-5-10)14(15,16)17/h2-7,11,13H,8-9H2,1H3/b3-2+. The molecule has 0 heterocycles. The highest BCUT2D eigenvalue weighted by molar-refractivity contribution is 7.79. The molecule has 20 heavy (non-hydrogen) atoms. The van der Waals surface area contributed by atoms with Crippen LogP contribution in [0.3, 0.4) is 0 Å². The molecule has 6 heteroatoms. The molecule has 1 aromatic rings. The first-order valence-electron chi connectivity index (χ1n) is 6.20. The molecule has 1 aliphatic rings. The number of rotatable bonds is 4. The van der Waals surface area contributed by atoms with Crippen LogP contribution in [0.1, 0.15) is 24.0 Å². The molecule has 0 radical (unpaired) electrons. The van der Waals surface area contributed by atoms with Crippen LogP contribution in [0.25, 0.3) is 6.08 Å². The Morgan fingerprint density at radius 2 is 1.85 bits per heavy atom. The summed E-state index contributed by atoms with van der Waals surface area (Å²) in [4.78, 5) is 0. The predicted octanol–water partition coefficient (Wildman–Crippen LogP) is 3.81. The van der Waals surface area contributed by atoms with Crippen molar-refractivity contribution in [3.63, 3.8) is 0 Å². The Labute approximate surface area is 118 Å². The van der Waals surface area contributed by atoms with Crippen LogP contribution in [0, 0.1) is 5.92 Å². The molecule has 0 N–H and O–H groups in total. The molecule has 0 bridgehead atoms. The molecule has 1 atom stereocenters. The molecule has 110 valence electrons. The Bertz CT molecular complexity index is 502. The fraction of sp³-hybridized carbons (Fsp3) is 0.429. The van der Waals surface area contributed by atoms with Crippen molar-refractivity contribution in [1.29, 1.82) is 0 Å². The van der Waals surface area contributed by atoms with Crippen LogP contribution in [0.5, 0.6) is 0 Å². The first kappa shape index (κ1) is 15.3. The van der Waals surface area contributed by atoms with Gasteiger partial charge in [-0.15, -0.1) is 0 Å². The van der Waals surface area contributed by atoms with Gasteiger partial charge in [-0.2, -0.15) is 13.2 Å². The molecule has 1 unspecified atom stereocenters. The third kappa shape index (κ3) is 4.18. The number of alkyl halides is 3. The zero-order chi connectivity index (χ0) is 14.8. The lowest BCUT2D eigenvalue weighted by Gasteiger charge is -2.31. The van der Waals surface area contributed by atoms with Gasteiger partial charge in [0.25, 0.3) is 0 Å². The molecule has 1 aliphatic carbocycles. The third-order valence-electron chi connectivity index (χ3n) is 3.20. The fourth-order valence-corrected chi connectivity index (χ4v) is 2.60. The second-order valence-corrected chi connectivity index (χ2v) is 5.83. The molecule has 1 fully saturated rings. The maximum Gasteiger partial charge on any atom is 0.416 e. The number of halogens is 3. The summed E-state index contributed by atoms with van der Waals surface area (Å²) in [6.45, 7) is 0. The molecular formula is C14H15F3O2S. The third-order valence-corrected chi connectivity index (χ3v) is 3.74. The lowest BCUT2D eigenvalue weighted by molar-refractivity contribution is -0.137. The van der Waals surface area contributed by atoms with Gasteiger partial charge in [-0.05, 0) is 36.5 Å². The lowest BCUT2D eigenvalue weighted by atomic mass is 9.82. The second kappa shape index (κ2) is 6.10. The van der Waals surface area contributed by atoms with E-state index in [1.165, 1.54) is 18.4 Å². The van der Waals surface area contributed by atoms with E-state index in [-0.39, 0.29) is 6.10 Å². The largest absolute Gasteiger partial charge is 0.416 e. The zero-order valence-corrected chi connectivity index (χ0v) is 11.7. The van der Waals surface area contributed by atoms with Crippen LogP contribution in [-0.4, -0.2) is 16.6 Å². The number of allylic oxidation sites excluding steroid dienone is 1. The lowest BCUT2D eigenvalue weighted by Crippen LogP contribution is -2.30. The normalized spacial score (nSPS) is 24.6. The zero-order valence-electron chi connectivity index (χ0n) is 10.9. The summed E-state index contributed by atoms with van der Waals surface area (Å²) in [5.41, 5.74) is 0.0959. The van der Waals surface area contributed by atoms with Gasteiger partial charge in [0.1, 0.15) is 0 Å². The summed E-state index contributed by atoms with van der Waals surface area (Å²) in [5, 5.41) is 0. The van der Waals surface area contributed by atoms with E-state index in [0.717, 1.165) is 30.5 Å². The van der Waals surface area contributed by atoms with Gasteiger partial charge in [0.2, 0.25) is 0 Å². The average Bonchev–Trinajstić information content (AvgIpc) is 2.31. The Morgan fingerprint density at radius 1 is 1.25 bits per heavy atom. The average molecular weight is 304 g/mol. The molecular weight excluding hydrogens is 289 g/mol. The van der Waals surface area contributed by atoms with Crippen molar-refractivity contribution in [3.8, 4) is 0 Å². The minimum absolute atomic E-state index is 0.0306. The number of hydrogen-bond donors (Lipinski definition) is 0. The Kier molecular flexibility index (Phi) is 4.65. The van der Waals surface area contributed by atoms with Crippen LogP contribution in [0.4, 0.5) is 13.2 Å². The van der Waals surface area contributed by atoms with Gasteiger partial charge in [0, 0.05) is 6.26 Å². The quantitative estimate of drug-likeness (QED) is 0.845. The van der Waals surface area contributed by atoms with E-state index in [4.69, 9.17) is 4.18 Å². The van der Waals surface area contributed by atoms with E-state index in [2.05, 4.69) is 0 Å². The van der Waals surface area contributed by atoms with Crippen molar-refractivity contribution >= 4 is 17.2 Å². The van der Waals surface area contributed by atoms with Crippen molar-refractivity contribution in [1.82, 2.24) is 0 Å². The predicted molar refractivity (Wildman–Crippen MR) is 72.1 cm³/mol. The van der Waals surface area contributed by atoms with Gasteiger partial charge in [-0.25, -0.2) is 4.21 Å². The van der Waals surface area contributed by atoms with Crippen LogP contribution < -0.4 is 0 Å². The first-order chi connectivity index (χ1) is 9.34. The Hall–Kier alpha value is -1.14. The van der Waals surface area contributed by atoms with E-state index in [1.54, 1.807) is 0 Å². The molecule has 0 spiro atoms. The molecule has 0 saturated heterocycles. The van der Waals surface area contributed by atoms with E-state index in [1.807, 2.05) is 12.2 Å². The number of hydrogen-bond acceptors (Lipinski definition) is 2. The highest BCUT2D eigenvalue weighted by Gasteiger charge is 2.30. The Morgan fingerprint density at radius 3 is 2.35 bits per heavy atom. The van der Waals surface area contributed by atoms with Gasteiger partial charge in [0.05, 0.1) is 11.7 Å². The number of benzene rings is 1. The monoisotopic (exact) mass is 304 g/mol. The van der Waals surface area contributed by atoms with Crippen molar-refractivity contribution in [2.45, 2.75) is 25.1 Å². The van der Waals surface area contributed by atoms with E-state index < -0.39 is 22.8 Å². The van der Waals surface area contributed by atoms with Gasteiger partial charge >= 0.3 is 6.18 Å². The van der Waals surface area contributed by atoms with Crippen LogP contribution >= 0.6 is 0 Å². The molecule has 1 saturated carbocycles. The van der Waals surface area contributed by atoms with Crippen molar-refractivity contribution in [2.24, 2.45) is 5.92 Å². The topological polar surface area (TPSA) is 26.3 Å². The SMILES string of the molecule is CS(=O)OC1CC(/C=C/c2ccc(C(F)(F)F)cc2)C1. The molecule has 2 rings (SSSR count). The maximum atomic E-state index is 12.4. The summed E-state index contributed by atoms with van der Waals surface area (Å²) in [6, 6.07) is 5.05. The van der Waals surface area contributed by atoms with Crippen LogP contribution in [-0.2, 0) is 21.4 Å². The first-order valence-corrected chi connectivity index (χ1v) is 7.69. The van der Waals surface area contributed by atoms with E-state index in [0.29, 0.717) is 5.92 Å². The second-order valence-electron chi connectivity index (χ2n) is 4.83. The van der Waals surface area contributed by atoms with Crippen LogP contribution in [0.2, 0.25) is 0 Å². The van der Waals surface area contributed by atoms with E-state index >= 15 is 0 Å². The van der Waals surface area contributed by atoms with Gasteiger partial charge in [-0.1, -0.05) is 24.3 Å². The molecule has 2 nitrogen and oxygen atoms in total. The van der Waals surface area contributed by atoms with E-state index in [9.17, 15) is 17.4 Å². The summed E-state index contributed by atoms with van der Waals surface area (Å²) in [6.07, 6.45) is 2.60. The van der Waals surface area contributed by atoms with Gasteiger partial charge in [-0.3, -0.25) is 4.18 Å². The van der Waals surface area contributed by atoms with Crippen LogP contribution in [0.15, 0.2) is 30.3 Å². The summed E-state index contributed by atoms with van der Waals surface area (Å²) < 4.78 is 53.1. The van der Waals surface area contributed by atoms with Crippen molar-refractivity contribution < 1.29 is 21.6 Å².